The van der Waals surface area contributed by atoms with Gasteiger partial charge in [0.25, 0.3) is 0 Å². The first-order chi connectivity index (χ1) is 11.5. The van der Waals surface area contributed by atoms with Gasteiger partial charge in [0, 0.05) is 24.3 Å². The van der Waals surface area contributed by atoms with Crippen molar-refractivity contribution in [2.24, 2.45) is 0 Å². The Balaban J connectivity index is 1.60. The highest BCUT2D eigenvalue weighted by Gasteiger charge is 2.16. The average molecular weight is 342 g/mol. The normalized spacial score (nSPS) is 12.7. The quantitative estimate of drug-likeness (QED) is 0.749. The van der Waals surface area contributed by atoms with Crippen LogP contribution in [0, 0.1) is 6.92 Å². The number of carbonyl (C=O) groups is 1. The first-order valence-corrected chi connectivity index (χ1v) is 8.81. The topological polar surface area (TPSA) is 49.6 Å². The van der Waals surface area contributed by atoms with E-state index in [0.29, 0.717) is 13.0 Å². The number of rotatable bonds is 6. The SMILES string of the molecule is Cc1ccc([C@@H](CNC(=O)Cc2cn3ccsc3n2)N(C)C)cc1. The van der Waals surface area contributed by atoms with Gasteiger partial charge in [0.05, 0.1) is 18.2 Å². The number of aromatic nitrogens is 2. The van der Waals surface area contributed by atoms with E-state index in [2.05, 4.69) is 46.4 Å². The second kappa shape index (κ2) is 7.15. The Morgan fingerprint density at radius 2 is 2.08 bits per heavy atom. The monoisotopic (exact) mass is 342 g/mol. The van der Waals surface area contributed by atoms with Crippen LogP contribution >= 0.6 is 11.3 Å². The fourth-order valence-corrected chi connectivity index (χ4v) is 3.40. The molecule has 0 bridgehead atoms. The van der Waals surface area contributed by atoms with Crippen molar-refractivity contribution in [2.45, 2.75) is 19.4 Å². The molecule has 0 radical (unpaired) electrons. The number of hydrogen-bond acceptors (Lipinski definition) is 4. The smallest absolute Gasteiger partial charge is 0.226 e. The van der Waals surface area contributed by atoms with E-state index in [1.807, 2.05) is 36.3 Å². The van der Waals surface area contributed by atoms with Gasteiger partial charge in [-0.3, -0.25) is 9.20 Å². The standard InChI is InChI=1S/C18H22N4OS/c1-13-4-6-14(7-5-13)16(21(2)3)11-19-17(23)10-15-12-22-8-9-24-18(22)20-15/h4-9,12,16H,10-11H2,1-3H3,(H,19,23)/t16-/m1/s1. The maximum absolute atomic E-state index is 12.2. The average Bonchev–Trinajstić information content (AvgIpc) is 3.10. The highest BCUT2D eigenvalue weighted by molar-refractivity contribution is 7.15. The van der Waals surface area contributed by atoms with E-state index in [4.69, 9.17) is 0 Å². The van der Waals surface area contributed by atoms with Crippen LogP contribution in [0.4, 0.5) is 0 Å². The number of benzene rings is 1. The summed E-state index contributed by atoms with van der Waals surface area (Å²) in [5.74, 6) is -0.000264. The third-order valence-electron chi connectivity index (χ3n) is 4.06. The van der Waals surface area contributed by atoms with Crippen molar-refractivity contribution >= 4 is 22.2 Å². The number of amides is 1. The maximum atomic E-state index is 12.2. The van der Waals surface area contributed by atoms with Crippen molar-refractivity contribution in [3.05, 3.63) is 58.9 Å². The summed E-state index contributed by atoms with van der Waals surface area (Å²) in [6, 6.07) is 8.60. The summed E-state index contributed by atoms with van der Waals surface area (Å²) >= 11 is 1.57. The van der Waals surface area contributed by atoms with E-state index >= 15 is 0 Å². The number of carbonyl (C=O) groups excluding carboxylic acids is 1. The third kappa shape index (κ3) is 3.83. The van der Waals surface area contributed by atoms with E-state index in [0.717, 1.165) is 10.7 Å². The molecule has 1 aromatic carbocycles. The molecular formula is C18H22N4OS. The minimum atomic E-state index is -0.000264. The molecule has 3 rings (SSSR count). The second-order valence-electron chi connectivity index (χ2n) is 6.20. The zero-order chi connectivity index (χ0) is 17.1. The molecule has 1 amide bonds. The Kier molecular flexibility index (Phi) is 4.97. The van der Waals surface area contributed by atoms with E-state index in [1.54, 1.807) is 11.3 Å². The summed E-state index contributed by atoms with van der Waals surface area (Å²) in [5.41, 5.74) is 3.24. The molecular weight excluding hydrogens is 320 g/mol. The van der Waals surface area contributed by atoms with Gasteiger partial charge in [-0.15, -0.1) is 11.3 Å². The number of imidazole rings is 1. The van der Waals surface area contributed by atoms with Gasteiger partial charge in [0.1, 0.15) is 0 Å². The van der Waals surface area contributed by atoms with Gasteiger partial charge in [0.2, 0.25) is 5.91 Å². The van der Waals surface area contributed by atoms with Crippen molar-refractivity contribution in [1.82, 2.24) is 19.6 Å². The van der Waals surface area contributed by atoms with Crippen molar-refractivity contribution < 1.29 is 4.79 Å². The van der Waals surface area contributed by atoms with Crippen LogP contribution in [-0.4, -0.2) is 40.8 Å². The third-order valence-corrected chi connectivity index (χ3v) is 4.83. The zero-order valence-corrected chi connectivity index (χ0v) is 15.0. The Morgan fingerprint density at radius 3 is 2.75 bits per heavy atom. The fourth-order valence-electron chi connectivity index (χ4n) is 2.69. The molecule has 0 aliphatic rings. The van der Waals surface area contributed by atoms with Crippen LogP contribution in [-0.2, 0) is 11.2 Å². The minimum absolute atomic E-state index is 0.000264. The van der Waals surface area contributed by atoms with Gasteiger partial charge in [-0.25, -0.2) is 4.98 Å². The molecule has 3 aromatic rings. The molecule has 126 valence electrons. The minimum Gasteiger partial charge on any atom is -0.354 e. The van der Waals surface area contributed by atoms with Gasteiger partial charge >= 0.3 is 0 Å². The molecule has 0 saturated carbocycles. The molecule has 2 heterocycles. The lowest BCUT2D eigenvalue weighted by molar-refractivity contribution is -0.120. The summed E-state index contributed by atoms with van der Waals surface area (Å²) in [4.78, 5) is 19.7. The van der Waals surface area contributed by atoms with E-state index in [-0.39, 0.29) is 11.9 Å². The van der Waals surface area contributed by atoms with Crippen LogP contribution in [0.15, 0.2) is 42.0 Å². The van der Waals surface area contributed by atoms with Crippen LogP contribution in [0.5, 0.6) is 0 Å². The lowest BCUT2D eigenvalue weighted by atomic mass is 10.0. The molecule has 5 nitrogen and oxygen atoms in total. The molecule has 0 fully saturated rings. The lowest BCUT2D eigenvalue weighted by Gasteiger charge is -2.25. The van der Waals surface area contributed by atoms with Gasteiger partial charge < -0.3 is 10.2 Å². The van der Waals surface area contributed by atoms with Crippen LogP contribution < -0.4 is 5.32 Å². The van der Waals surface area contributed by atoms with Crippen molar-refractivity contribution in [2.75, 3.05) is 20.6 Å². The van der Waals surface area contributed by atoms with Gasteiger partial charge in [-0.05, 0) is 26.6 Å². The Labute approximate surface area is 145 Å². The molecule has 6 heteroatoms. The van der Waals surface area contributed by atoms with E-state index in [9.17, 15) is 4.79 Å². The van der Waals surface area contributed by atoms with Crippen molar-refractivity contribution in [3.63, 3.8) is 0 Å². The first-order valence-electron chi connectivity index (χ1n) is 7.93. The summed E-state index contributed by atoms with van der Waals surface area (Å²) in [6.07, 6.45) is 4.17. The second-order valence-corrected chi connectivity index (χ2v) is 7.07. The molecule has 0 aliphatic carbocycles. The van der Waals surface area contributed by atoms with Gasteiger partial charge in [-0.2, -0.15) is 0 Å². The molecule has 24 heavy (non-hydrogen) atoms. The van der Waals surface area contributed by atoms with Gasteiger partial charge in [0.15, 0.2) is 4.96 Å². The molecule has 1 atom stereocenters. The largest absolute Gasteiger partial charge is 0.354 e. The van der Waals surface area contributed by atoms with Crippen LogP contribution in [0.2, 0.25) is 0 Å². The van der Waals surface area contributed by atoms with Gasteiger partial charge in [-0.1, -0.05) is 29.8 Å². The summed E-state index contributed by atoms with van der Waals surface area (Å²) < 4.78 is 1.95. The number of nitrogens with one attached hydrogen (secondary N) is 1. The van der Waals surface area contributed by atoms with Crippen LogP contribution in [0.1, 0.15) is 22.9 Å². The van der Waals surface area contributed by atoms with Crippen molar-refractivity contribution in [1.29, 1.82) is 0 Å². The Bertz CT molecular complexity index is 791. The molecule has 0 spiro atoms. The highest BCUT2D eigenvalue weighted by atomic mass is 32.1. The molecule has 0 aliphatic heterocycles. The first kappa shape index (κ1) is 16.7. The lowest BCUT2D eigenvalue weighted by Crippen LogP contribution is -2.35. The number of nitrogens with zero attached hydrogens (tertiary/aromatic N) is 3. The number of likely N-dealkylation sites (N-methyl/N-ethyl adjacent to an activating group) is 1. The summed E-state index contributed by atoms with van der Waals surface area (Å²) in [5, 5.41) is 5.02. The Hall–Kier alpha value is -2.18. The highest BCUT2D eigenvalue weighted by Crippen LogP contribution is 2.18. The molecule has 2 aromatic heterocycles. The number of aryl methyl sites for hydroxylation is 1. The fraction of sp³-hybridized carbons (Fsp3) is 0.333. The molecule has 1 N–H and O–H groups in total. The molecule has 0 unspecified atom stereocenters. The summed E-state index contributed by atoms with van der Waals surface area (Å²) in [6.45, 7) is 2.66. The Morgan fingerprint density at radius 1 is 1.33 bits per heavy atom. The maximum Gasteiger partial charge on any atom is 0.226 e. The number of fused-ring (bicyclic) bond motifs is 1. The predicted molar refractivity (Wildman–Crippen MR) is 97.4 cm³/mol. The van der Waals surface area contributed by atoms with E-state index < -0.39 is 0 Å². The zero-order valence-electron chi connectivity index (χ0n) is 14.2. The van der Waals surface area contributed by atoms with Crippen molar-refractivity contribution in [3.8, 4) is 0 Å². The van der Waals surface area contributed by atoms with Crippen LogP contribution in [0.3, 0.4) is 0 Å². The predicted octanol–water partition coefficient (Wildman–Crippen LogP) is 2.67. The summed E-state index contributed by atoms with van der Waals surface area (Å²) in [7, 11) is 4.06. The van der Waals surface area contributed by atoms with Crippen LogP contribution in [0.25, 0.3) is 4.96 Å². The van der Waals surface area contributed by atoms with E-state index in [1.165, 1.54) is 11.1 Å². The number of thiazole rings is 1. The number of hydrogen-bond donors (Lipinski definition) is 1. The molecule has 0 saturated heterocycles.